The first kappa shape index (κ1) is 11.7. The van der Waals surface area contributed by atoms with Crippen LogP contribution in [0.3, 0.4) is 0 Å². The van der Waals surface area contributed by atoms with Crippen molar-refractivity contribution in [2.24, 2.45) is 0 Å². The molecule has 6 heteroatoms. The summed E-state index contributed by atoms with van der Waals surface area (Å²) in [6, 6.07) is 8.71. The standard InChI is InChI=1S/C11H12N2O3S/c1-17(14,15)16-11-5-3-10(4-6-11)9-13-8-2-7-12-13/h2-8H,9H2,1H3. The van der Waals surface area contributed by atoms with Gasteiger partial charge in [-0.25, -0.2) is 0 Å². The predicted molar refractivity (Wildman–Crippen MR) is 63.2 cm³/mol. The third-order valence-electron chi connectivity index (χ3n) is 2.07. The van der Waals surface area contributed by atoms with Crippen molar-refractivity contribution in [1.82, 2.24) is 9.78 Å². The average molecular weight is 252 g/mol. The second-order valence-electron chi connectivity index (χ2n) is 3.64. The molecule has 0 aliphatic heterocycles. The van der Waals surface area contributed by atoms with E-state index in [-0.39, 0.29) is 0 Å². The fourth-order valence-electron chi connectivity index (χ4n) is 1.41. The Morgan fingerprint density at radius 1 is 1.29 bits per heavy atom. The molecule has 0 atom stereocenters. The summed E-state index contributed by atoms with van der Waals surface area (Å²) < 4.78 is 28.3. The molecule has 0 aliphatic rings. The molecule has 0 radical (unpaired) electrons. The van der Waals surface area contributed by atoms with Gasteiger partial charge >= 0.3 is 10.1 Å². The normalized spacial score (nSPS) is 11.4. The van der Waals surface area contributed by atoms with Gasteiger partial charge in [0.2, 0.25) is 0 Å². The van der Waals surface area contributed by atoms with Gasteiger partial charge in [-0.3, -0.25) is 4.68 Å². The van der Waals surface area contributed by atoms with Gasteiger partial charge in [-0.1, -0.05) is 12.1 Å². The lowest BCUT2D eigenvalue weighted by molar-refractivity contribution is 0.493. The summed E-state index contributed by atoms with van der Waals surface area (Å²) >= 11 is 0. The van der Waals surface area contributed by atoms with Crippen molar-refractivity contribution < 1.29 is 12.6 Å². The number of benzene rings is 1. The summed E-state index contributed by atoms with van der Waals surface area (Å²) in [6.07, 6.45) is 4.59. The van der Waals surface area contributed by atoms with E-state index in [1.165, 1.54) is 0 Å². The fraction of sp³-hybridized carbons (Fsp3) is 0.182. The maximum absolute atomic E-state index is 10.9. The van der Waals surface area contributed by atoms with E-state index in [1.54, 1.807) is 23.0 Å². The van der Waals surface area contributed by atoms with Crippen LogP contribution in [0.2, 0.25) is 0 Å². The van der Waals surface area contributed by atoms with E-state index in [2.05, 4.69) is 5.10 Å². The Kier molecular flexibility index (Phi) is 3.14. The van der Waals surface area contributed by atoms with Gasteiger partial charge in [-0.2, -0.15) is 13.5 Å². The Balaban J connectivity index is 2.08. The van der Waals surface area contributed by atoms with Gasteiger partial charge in [0.05, 0.1) is 12.8 Å². The molecule has 1 heterocycles. The van der Waals surface area contributed by atoms with Gasteiger partial charge in [0.1, 0.15) is 5.75 Å². The molecule has 17 heavy (non-hydrogen) atoms. The highest BCUT2D eigenvalue weighted by Crippen LogP contribution is 2.14. The zero-order valence-electron chi connectivity index (χ0n) is 9.28. The minimum Gasteiger partial charge on any atom is -0.383 e. The third kappa shape index (κ3) is 3.60. The van der Waals surface area contributed by atoms with Crippen molar-refractivity contribution in [2.75, 3.05) is 6.26 Å². The lowest BCUT2D eigenvalue weighted by atomic mass is 10.2. The third-order valence-corrected chi connectivity index (χ3v) is 2.57. The highest BCUT2D eigenvalue weighted by molar-refractivity contribution is 7.86. The predicted octanol–water partition coefficient (Wildman–Crippen LogP) is 1.27. The van der Waals surface area contributed by atoms with Gasteiger partial charge in [0.15, 0.2) is 0 Å². The Morgan fingerprint density at radius 3 is 2.53 bits per heavy atom. The molecule has 1 aromatic carbocycles. The van der Waals surface area contributed by atoms with Gasteiger partial charge in [-0.05, 0) is 23.8 Å². The Hall–Kier alpha value is -1.82. The van der Waals surface area contributed by atoms with E-state index >= 15 is 0 Å². The minimum atomic E-state index is -3.46. The van der Waals surface area contributed by atoms with Gasteiger partial charge in [0.25, 0.3) is 0 Å². The first-order valence-corrected chi connectivity index (χ1v) is 6.80. The zero-order valence-corrected chi connectivity index (χ0v) is 10.1. The minimum absolute atomic E-state index is 0.316. The summed E-state index contributed by atoms with van der Waals surface area (Å²) in [5, 5.41) is 4.08. The Bertz CT molecular complexity index is 574. The van der Waals surface area contributed by atoms with Gasteiger partial charge < -0.3 is 4.18 Å². The van der Waals surface area contributed by atoms with Crippen LogP contribution in [0.4, 0.5) is 0 Å². The van der Waals surface area contributed by atoms with E-state index in [0.29, 0.717) is 12.3 Å². The van der Waals surface area contributed by atoms with Crippen LogP contribution in [0.1, 0.15) is 5.56 Å². The molecule has 90 valence electrons. The second kappa shape index (κ2) is 4.58. The summed E-state index contributed by atoms with van der Waals surface area (Å²) in [5.74, 6) is 0.316. The van der Waals surface area contributed by atoms with Crippen molar-refractivity contribution in [3.05, 3.63) is 48.3 Å². The second-order valence-corrected chi connectivity index (χ2v) is 5.21. The number of hydrogen-bond acceptors (Lipinski definition) is 4. The number of hydrogen-bond donors (Lipinski definition) is 0. The first-order valence-electron chi connectivity index (χ1n) is 4.99. The summed E-state index contributed by atoms with van der Waals surface area (Å²) in [6.45, 7) is 0.645. The molecule has 0 aliphatic carbocycles. The monoisotopic (exact) mass is 252 g/mol. The molecule has 0 fully saturated rings. The topological polar surface area (TPSA) is 61.2 Å². The van der Waals surface area contributed by atoms with E-state index in [4.69, 9.17) is 4.18 Å². The van der Waals surface area contributed by atoms with Crippen molar-refractivity contribution in [3.8, 4) is 5.75 Å². The number of rotatable bonds is 4. The molecule has 5 nitrogen and oxygen atoms in total. The molecule has 1 aromatic heterocycles. The quantitative estimate of drug-likeness (QED) is 0.769. The van der Waals surface area contributed by atoms with Crippen LogP contribution >= 0.6 is 0 Å². The highest BCUT2D eigenvalue weighted by atomic mass is 32.2. The average Bonchev–Trinajstić information content (AvgIpc) is 2.71. The molecule has 0 amide bonds. The molecule has 0 N–H and O–H groups in total. The molecule has 0 unspecified atom stereocenters. The van der Waals surface area contributed by atoms with E-state index in [9.17, 15) is 8.42 Å². The van der Waals surface area contributed by atoms with Crippen molar-refractivity contribution >= 4 is 10.1 Å². The summed E-state index contributed by atoms with van der Waals surface area (Å²) in [5.41, 5.74) is 1.02. The molecule has 0 saturated carbocycles. The SMILES string of the molecule is CS(=O)(=O)Oc1ccc(Cn2cccn2)cc1. The molecule has 0 bridgehead atoms. The summed E-state index contributed by atoms with van der Waals surface area (Å²) in [7, 11) is -3.46. The molecular weight excluding hydrogens is 240 g/mol. The summed E-state index contributed by atoms with van der Waals surface area (Å²) in [4.78, 5) is 0. The largest absolute Gasteiger partial charge is 0.383 e. The van der Waals surface area contributed by atoms with Crippen LogP contribution in [0.15, 0.2) is 42.7 Å². The highest BCUT2D eigenvalue weighted by Gasteiger charge is 2.03. The molecule has 0 spiro atoms. The molecule has 0 saturated heterocycles. The Morgan fingerprint density at radius 2 is 2.00 bits per heavy atom. The zero-order chi connectivity index (χ0) is 12.3. The first-order chi connectivity index (χ1) is 8.03. The fourth-order valence-corrected chi connectivity index (χ4v) is 1.87. The van der Waals surface area contributed by atoms with Crippen molar-refractivity contribution in [2.45, 2.75) is 6.54 Å². The van der Waals surface area contributed by atoms with E-state index < -0.39 is 10.1 Å². The Labute approximate surface area is 99.8 Å². The smallest absolute Gasteiger partial charge is 0.306 e. The number of aromatic nitrogens is 2. The van der Waals surface area contributed by atoms with Crippen molar-refractivity contribution in [1.29, 1.82) is 0 Å². The van der Waals surface area contributed by atoms with Crippen LogP contribution in [0, 0.1) is 0 Å². The van der Waals surface area contributed by atoms with E-state index in [0.717, 1.165) is 11.8 Å². The molecule has 2 aromatic rings. The van der Waals surface area contributed by atoms with Crippen molar-refractivity contribution in [3.63, 3.8) is 0 Å². The maximum Gasteiger partial charge on any atom is 0.306 e. The van der Waals surface area contributed by atoms with Crippen LogP contribution in [-0.2, 0) is 16.7 Å². The van der Waals surface area contributed by atoms with Crippen LogP contribution < -0.4 is 4.18 Å². The van der Waals surface area contributed by atoms with Crippen LogP contribution in [0.5, 0.6) is 5.75 Å². The maximum atomic E-state index is 10.9. The van der Waals surface area contributed by atoms with Gasteiger partial charge in [-0.15, -0.1) is 0 Å². The lowest BCUT2D eigenvalue weighted by Crippen LogP contribution is -2.06. The molecule has 2 rings (SSSR count). The molecular formula is C11H12N2O3S. The van der Waals surface area contributed by atoms with Crippen LogP contribution in [-0.4, -0.2) is 24.5 Å². The number of nitrogens with zero attached hydrogens (tertiary/aromatic N) is 2. The van der Waals surface area contributed by atoms with Crippen LogP contribution in [0.25, 0.3) is 0 Å². The lowest BCUT2D eigenvalue weighted by Gasteiger charge is -2.05. The van der Waals surface area contributed by atoms with E-state index in [1.807, 2.05) is 24.4 Å². The van der Waals surface area contributed by atoms with Gasteiger partial charge in [0, 0.05) is 12.4 Å².